The lowest BCUT2D eigenvalue weighted by molar-refractivity contribution is 0.246. The van der Waals surface area contributed by atoms with Crippen LogP contribution in [0.25, 0.3) is 0 Å². The van der Waals surface area contributed by atoms with Gasteiger partial charge in [0.2, 0.25) is 0 Å². The summed E-state index contributed by atoms with van der Waals surface area (Å²) in [5, 5.41) is 6.62. The fraction of sp³-hybridized carbons (Fsp3) is 0.900. The Balaban J connectivity index is 1.97. The first-order valence-corrected chi connectivity index (χ1v) is 6.46. The number of carbonyl (C=O) groups is 1. The minimum Gasteiger partial charge on any atom is -0.332 e. The lowest BCUT2D eigenvalue weighted by Crippen LogP contribution is -2.39. The van der Waals surface area contributed by atoms with Crippen molar-refractivity contribution in [1.82, 2.24) is 10.6 Å². The third-order valence-electron chi connectivity index (χ3n) is 3.17. The Morgan fingerprint density at radius 1 is 1.57 bits per heavy atom. The molecule has 2 N–H and O–H groups in total. The number of urea groups is 1. The minimum absolute atomic E-state index is 0.0222. The molecule has 0 aromatic carbocycles. The van der Waals surface area contributed by atoms with Gasteiger partial charge in [-0.15, -0.1) is 0 Å². The molecule has 14 heavy (non-hydrogen) atoms. The molecule has 0 spiro atoms. The van der Waals surface area contributed by atoms with E-state index in [2.05, 4.69) is 24.5 Å². The lowest BCUT2D eigenvalue weighted by Gasteiger charge is -2.23. The van der Waals surface area contributed by atoms with Gasteiger partial charge in [-0.1, -0.05) is 20.3 Å². The molecule has 0 radical (unpaired) electrons. The Morgan fingerprint density at radius 2 is 2.36 bits per heavy atom. The van der Waals surface area contributed by atoms with E-state index < -0.39 is 0 Å². The molecule has 0 aliphatic carbocycles. The molecule has 0 aromatic heterocycles. The van der Waals surface area contributed by atoms with Gasteiger partial charge in [0.15, 0.2) is 0 Å². The summed E-state index contributed by atoms with van der Waals surface area (Å²) >= 11 is 2.01. The van der Waals surface area contributed by atoms with Gasteiger partial charge in [0.05, 0.1) is 12.1 Å². The zero-order chi connectivity index (χ0) is 10.1. The zero-order valence-corrected chi connectivity index (χ0v) is 9.56. The van der Waals surface area contributed by atoms with Gasteiger partial charge in [0.1, 0.15) is 0 Å². The van der Waals surface area contributed by atoms with Crippen molar-refractivity contribution >= 4 is 17.8 Å². The second-order valence-corrected chi connectivity index (χ2v) is 5.52. The molecule has 2 fully saturated rings. The highest BCUT2D eigenvalue weighted by molar-refractivity contribution is 8.00. The smallest absolute Gasteiger partial charge is 0.315 e. The van der Waals surface area contributed by atoms with Crippen LogP contribution in [0.3, 0.4) is 0 Å². The van der Waals surface area contributed by atoms with Gasteiger partial charge in [-0.25, -0.2) is 4.79 Å². The van der Waals surface area contributed by atoms with Gasteiger partial charge in [0, 0.05) is 11.0 Å². The first-order chi connectivity index (χ1) is 6.72. The van der Waals surface area contributed by atoms with E-state index in [1.165, 1.54) is 12.8 Å². The van der Waals surface area contributed by atoms with Crippen molar-refractivity contribution < 1.29 is 4.79 Å². The van der Waals surface area contributed by atoms with Crippen molar-refractivity contribution in [2.24, 2.45) is 5.92 Å². The molecule has 3 nitrogen and oxygen atoms in total. The van der Waals surface area contributed by atoms with Crippen LogP contribution in [0.4, 0.5) is 4.79 Å². The van der Waals surface area contributed by atoms with E-state index in [0.717, 1.165) is 5.75 Å². The van der Waals surface area contributed by atoms with Crippen LogP contribution in [0.2, 0.25) is 0 Å². The van der Waals surface area contributed by atoms with Gasteiger partial charge >= 0.3 is 6.03 Å². The summed E-state index contributed by atoms with van der Waals surface area (Å²) in [5.41, 5.74) is 0. The molecular weight excluding hydrogens is 196 g/mol. The van der Waals surface area contributed by atoms with Crippen LogP contribution in [-0.4, -0.2) is 29.1 Å². The Labute approximate surface area is 89.4 Å². The first kappa shape index (κ1) is 10.1. The summed E-state index contributed by atoms with van der Waals surface area (Å²) in [6.45, 7) is 4.52. The molecule has 2 heterocycles. The van der Waals surface area contributed by atoms with E-state index in [4.69, 9.17) is 0 Å². The molecular formula is C10H18N2OS. The zero-order valence-electron chi connectivity index (χ0n) is 8.75. The molecule has 2 aliphatic heterocycles. The summed E-state index contributed by atoms with van der Waals surface area (Å²) in [7, 11) is 0. The Hall–Kier alpha value is -0.380. The molecule has 2 aliphatic rings. The standard InChI is InChI=1S/C10H18N2OS/c1-3-4-6(2)9-8-7(5-14-9)11-10(13)12-8/h6-9H,3-5H2,1-2H3,(H2,11,12,13)/t6?,7-,8-,9+/m1/s1. The van der Waals surface area contributed by atoms with Crippen LogP contribution in [0.15, 0.2) is 0 Å². The molecule has 0 saturated carbocycles. The van der Waals surface area contributed by atoms with E-state index in [1.54, 1.807) is 0 Å². The predicted octanol–water partition coefficient (Wildman–Crippen LogP) is 1.59. The second-order valence-electron chi connectivity index (χ2n) is 4.31. The predicted molar refractivity (Wildman–Crippen MR) is 59.6 cm³/mol. The van der Waals surface area contributed by atoms with Crippen molar-refractivity contribution in [3.05, 3.63) is 0 Å². The van der Waals surface area contributed by atoms with Crippen LogP contribution < -0.4 is 10.6 Å². The average Bonchev–Trinajstić information content (AvgIpc) is 2.62. The number of hydrogen-bond donors (Lipinski definition) is 2. The fourth-order valence-corrected chi connectivity index (χ4v) is 4.11. The number of nitrogens with one attached hydrogen (secondary N) is 2. The highest BCUT2D eigenvalue weighted by Gasteiger charge is 2.44. The molecule has 2 amide bonds. The molecule has 1 unspecified atom stereocenters. The van der Waals surface area contributed by atoms with Crippen LogP contribution in [0.5, 0.6) is 0 Å². The Morgan fingerprint density at radius 3 is 3.07 bits per heavy atom. The third kappa shape index (κ3) is 1.72. The second kappa shape index (κ2) is 4.01. The Bertz CT molecular complexity index is 234. The van der Waals surface area contributed by atoms with Crippen molar-refractivity contribution in [2.45, 2.75) is 44.0 Å². The first-order valence-electron chi connectivity index (χ1n) is 5.41. The van der Waals surface area contributed by atoms with Crippen LogP contribution in [-0.2, 0) is 0 Å². The number of rotatable bonds is 3. The summed E-state index contributed by atoms with van der Waals surface area (Å²) in [5.74, 6) is 1.78. The van der Waals surface area contributed by atoms with Crippen LogP contribution in [0, 0.1) is 5.92 Å². The number of amides is 2. The normalized spacial score (nSPS) is 37.6. The van der Waals surface area contributed by atoms with Crippen molar-refractivity contribution in [1.29, 1.82) is 0 Å². The average molecular weight is 214 g/mol. The molecule has 0 aromatic rings. The summed E-state index contributed by atoms with van der Waals surface area (Å²) in [6, 6.07) is 0.764. The minimum atomic E-state index is 0.0222. The number of thioether (sulfide) groups is 1. The number of hydrogen-bond acceptors (Lipinski definition) is 2. The van der Waals surface area contributed by atoms with E-state index in [0.29, 0.717) is 23.3 Å². The van der Waals surface area contributed by atoms with Gasteiger partial charge < -0.3 is 10.6 Å². The molecule has 0 bridgehead atoms. The summed E-state index contributed by atoms with van der Waals surface area (Å²) in [6.07, 6.45) is 2.49. The molecule has 4 atom stereocenters. The van der Waals surface area contributed by atoms with E-state index >= 15 is 0 Å². The van der Waals surface area contributed by atoms with Crippen LogP contribution in [0.1, 0.15) is 26.7 Å². The van der Waals surface area contributed by atoms with Crippen molar-refractivity contribution in [2.75, 3.05) is 5.75 Å². The fourth-order valence-electron chi connectivity index (χ4n) is 2.46. The molecule has 2 rings (SSSR count). The van der Waals surface area contributed by atoms with Gasteiger partial charge in [-0.2, -0.15) is 11.8 Å². The largest absolute Gasteiger partial charge is 0.332 e. The third-order valence-corrected chi connectivity index (χ3v) is 4.87. The number of fused-ring (bicyclic) bond motifs is 1. The van der Waals surface area contributed by atoms with Crippen LogP contribution >= 0.6 is 11.8 Å². The van der Waals surface area contributed by atoms with E-state index in [1.807, 2.05) is 11.8 Å². The molecule has 4 heteroatoms. The van der Waals surface area contributed by atoms with Gasteiger partial charge in [-0.05, 0) is 12.3 Å². The molecule has 80 valence electrons. The monoisotopic (exact) mass is 214 g/mol. The molecule has 2 saturated heterocycles. The SMILES string of the molecule is CCCC(C)[C@@H]1SC[C@H]2NC(=O)N[C@H]21. The van der Waals surface area contributed by atoms with Gasteiger partial charge in [0.25, 0.3) is 0 Å². The summed E-state index contributed by atoms with van der Waals surface area (Å²) < 4.78 is 0. The highest BCUT2D eigenvalue weighted by atomic mass is 32.2. The highest BCUT2D eigenvalue weighted by Crippen LogP contribution is 2.36. The lowest BCUT2D eigenvalue weighted by atomic mass is 9.94. The maximum absolute atomic E-state index is 11.2. The number of carbonyl (C=O) groups excluding carboxylic acids is 1. The van der Waals surface area contributed by atoms with Crippen molar-refractivity contribution in [3.8, 4) is 0 Å². The maximum Gasteiger partial charge on any atom is 0.315 e. The summed E-state index contributed by atoms with van der Waals surface area (Å²) in [4.78, 5) is 11.2. The topological polar surface area (TPSA) is 41.1 Å². The quantitative estimate of drug-likeness (QED) is 0.700. The van der Waals surface area contributed by atoms with E-state index in [9.17, 15) is 4.79 Å². The van der Waals surface area contributed by atoms with Gasteiger partial charge in [-0.3, -0.25) is 0 Å². The van der Waals surface area contributed by atoms with Crippen molar-refractivity contribution in [3.63, 3.8) is 0 Å². The maximum atomic E-state index is 11.2. The van der Waals surface area contributed by atoms with E-state index in [-0.39, 0.29) is 6.03 Å². The Kier molecular flexibility index (Phi) is 2.91.